The van der Waals surface area contributed by atoms with E-state index in [1.165, 1.54) is 0 Å². The first-order valence-corrected chi connectivity index (χ1v) is 10.3. The highest BCUT2D eigenvalue weighted by molar-refractivity contribution is 5.74. The Morgan fingerprint density at radius 2 is 1.53 bits per heavy atom. The molecule has 0 bridgehead atoms. The summed E-state index contributed by atoms with van der Waals surface area (Å²) in [6, 6.07) is 7.65. The Bertz CT molecular complexity index is 925. The van der Waals surface area contributed by atoms with Crippen molar-refractivity contribution in [2.75, 3.05) is 0 Å². The molecule has 4 nitrogen and oxygen atoms in total. The zero-order valence-corrected chi connectivity index (χ0v) is 17.9. The second-order valence-electron chi connectivity index (χ2n) is 9.56. The molecule has 3 rings (SSSR count). The van der Waals surface area contributed by atoms with Crippen LogP contribution in [-0.2, 0) is 42.2 Å². The van der Waals surface area contributed by atoms with Crippen LogP contribution in [0.4, 0.5) is 13.2 Å². The highest BCUT2D eigenvalue weighted by Crippen LogP contribution is 2.38. The zero-order valence-electron chi connectivity index (χ0n) is 17.9. The molecule has 1 N–H and O–H groups in total. The van der Waals surface area contributed by atoms with Gasteiger partial charge in [-0.3, -0.25) is 9.48 Å². The van der Waals surface area contributed by atoms with Crippen molar-refractivity contribution in [3.8, 4) is 0 Å². The van der Waals surface area contributed by atoms with E-state index in [9.17, 15) is 23.1 Å². The summed E-state index contributed by atoms with van der Waals surface area (Å²) < 4.78 is 42.2. The summed E-state index contributed by atoms with van der Waals surface area (Å²) >= 11 is 0. The van der Waals surface area contributed by atoms with Crippen molar-refractivity contribution in [2.45, 2.75) is 77.9 Å². The quantitative estimate of drug-likeness (QED) is 0.677. The molecule has 1 aromatic carbocycles. The number of hydrogen-bond donors (Lipinski definition) is 1. The molecule has 7 heteroatoms. The van der Waals surface area contributed by atoms with E-state index in [0.717, 1.165) is 24.0 Å². The molecule has 164 valence electrons. The summed E-state index contributed by atoms with van der Waals surface area (Å²) in [6.07, 6.45) is -0.828. The van der Waals surface area contributed by atoms with E-state index in [1.54, 1.807) is 18.5 Å². The van der Waals surface area contributed by atoms with Crippen molar-refractivity contribution in [3.05, 3.63) is 52.3 Å². The molecule has 0 amide bonds. The van der Waals surface area contributed by atoms with Gasteiger partial charge in [0.2, 0.25) is 0 Å². The Morgan fingerprint density at radius 3 is 2.07 bits per heavy atom. The van der Waals surface area contributed by atoms with E-state index in [4.69, 9.17) is 0 Å². The molecule has 0 unspecified atom stereocenters. The Balaban J connectivity index is 1.85. The molecule has 2 aromatic rings. The molecule has 0 saturated carbocycles. The van der Waals surface area contributed by atoms with Gasteiger partial charge in [0.1, 0.15) is 0 Å². The summed E-state index contributed by atoms with van der Waals surface area (Å²) in [6.45, 7) is 7.20. The van der Waals surface area contributed by atoms with Gasteiger partial charge in [-0.1, -0.05) is 24.3 Å². The van der Waals surface area contributed by atoms with E-state index >= 15 is 0 Å². The molecule has 30 heavy (non-hydrogen) atoms. The SMILES string of the molecule is CC(C)(Cc1ccc(CC(C)(C)n2nc(C(F)(F)F)c3c2CCCC3)cc1)C(=O)O. The predicted octanol–water partition coefficient (Wildman–Crippen LogP) is 5.41. The van der Waals surface area contributed by atoms with Gasteiger partial charge < -0.3 is 5.11 Å². The monoisotopic (exact) mass is 422 g/mol. The number of carboxylic acids is 1. The zero-order chi connectivity index (χ0) is 22.3. The van der Waals surface area contributed by atoms with E-state index in [1.807, 2.05) is 38.1 Å². The molecule has 0 atom stereocenters. The van der Waals surface area contributed by atoms with Crippen molar-refractivity contribution < 1.29 is 23.1 Å². The average molecular weight is 422 g/mol. The Morgan fingerprint density at radius 1 is 1.00 bits per heavy atom. The number of aromatic nitrogens is 2. The molecule has 0 fully saturated rings. The fourth-order valence-electron chi connectivity index (χ4n) is 4.26. The summed E-state index contributed by atoms with van der Waals surface area (Å²) in [5, 5.41) is 13.3. The number of benzene rings is 1. The van der Waals surface area contributed by atoms with Crippen LogP contribution < -0.4 is 0 Å². The van der Waals surface area contributed by atoms with Gasteiger partial charge in [0.25, 0.3) is 0 Å². The highest BCUT2D eigenvalue weighted by atomic mass is 19.4. The van der Waals surface area contributed by atoms with Crippen LogP contribution in [0.2, 0.25) is 0 Å². The third-order valence-electron chi connectivity index (χ3n) is 5.91. The first-order chi connectivity index (χ1) is 13.8. The van der Waals surface area contributed by atoms with Crippen LogP contribution in [0.5, 0.6) is 0 Å². The van der Waals surface area contributed by atoms with Crippen LogP contribution >= 0.6 is 0 Å². The number of halogens is 3. The van der Waals surface area contributed by atoms with E-state index < -0.39 is 28.8 Å². The first-order valence-electron chi connectivity index (χ1n) is 10.3. The maximum absolute atomic E-state index is 13.5. The topological polar surface area (TPSA) is 55.1 Å². The lowest BCUT2D eigenvalue weighted by Crippen LogP contribution is -2.32. The number of fused-ring (bicyclic) bond motifs is 1. The lowest BCUT2D eigenvalue weighted by molar-refractivity contribution is -0.146. The molecule has 0 spiro atoms. The van der Waals surface area contributed by atoms with E-state index in [2.05, 4.69) is 5.10 Å². The average Bonchev–Trinajstić information content (AvgIpc) is 3.04. The van der Waals surface area contributed by atoms with Crippen molar-refractivity contribution in [1.29, 1.82) is 0 Å². The van der Waals surface area contributed by atoms with Crippen molar-refractivity contribution >= 4 is 5.97 Å². The minimum absolute atomic E-state index is 0.355. The summed E-state index contributed by atoms with van der Waals surface area (Å²) in [7, 11) is 0. The van der Waals surface area contributed by atoms with Crippen LogP contribution in [0, 0.1) is 5.41 Å². The summed E-state index contributed by atoms with van der Waals surface area (Å²) in [4.78, 5) is 11.3. The van der Waals surface area contributed by atoms with Gasteiger partial charge in [0, 0.05) is 11.3 Å². The van der Waals surface area contributed by atoms with Crippen molar-refractivity contribution in [3.63, 3.8) is 0 Å². The standard InChI is InChI=1S/C23H29F3N2O2/c1-21(2,20(29)30)13-15-9-11-16(12-10-15)14-22(3,4)28-18-8-6-5-7-17(18)19(27-28)23(24,25)26/h9-12H,5-8,13-14H2,1-4H3,(H,29,30). The minimum Gasteiger partial charge on any atom is -0.481 e. The fraction of sp³-hybridized carbons (Fsp3) is 0.565. The third kappa shape index (κ3) is 4.55. The Labute approximate surface area is 175 Å². The second kappa shape index (κ2) is 7.75. The number of rotatable bonds is 6. The Kier molecular flexibility index (Phi) is 5.78. The van der Waals surface area contributed by atoms with Crippen LogP contribution in [-0.4, -0.2) is 20.9 Å². The van der Waals surface area contributed by atoms with Crippen molar-refractivity contribution in [2.24, 2.45) is 5.41 Å². The molecular formula is C23H29F3N2O2. The maximum Gasteiger partial charge on any atom is 0.435 e. The molecule has 0 saturated heterocycles. The van der Waals surface area contributed by atoms with E-state index in [0.29, 0.717) is 36.9 Å². The highest BCUT2D eigenvalue weighted by Gasteiger charge is 2.41. The second-order valence-corrected chi connectivity index (χ2v) is 9.56. The predicted molar refractivity (Wildman–Crippen MR) is 108 cm³/mol. The van der Waals surface area contributed by atoms with Gasteiger partial charge in [0.05, 0.1) is 11.0 Å². The Hall–Kier alpha value is -2.31. The van der Waals surface area contributed by atoms with Gasteiger partial charge >= 0.3 is 12.1 Å². The van der Waals surface area contributed by atoms with Crippen LogP contribution in [0.1, 0.15) is 68.6 Å². The first kappa shape index (κ1) is 22.4. The summed E-state index contributed by atoms with van der Waals surface area (Å²) in [5.74, 6) is -0.850. The largest absolute Gasteiger partial charge is 0.481 e. The molecule has 1 aromatic heterocycles. The molecule has 1 aliphatic rings. The van der Waals surface area contributed by atoms with Gasteiger partial charge in [-0.15, -0.1) is 0 Å². The summed E-state index contributed by atoms with van der Waals surface area (Å²) in [5.41, 5.74) is 0.739. The van der Waals surface area contributed by atoms with Crippen LogP contribution in [0.3, 0.4) is 0 Å². The number of carboxylic acid groups (broad SMARTS) is 1. The maximum atomic E-state index is 13.5. The van der Waals surface area contributed by atoms with Gasteiger partial charge in [-0.2, -0.15) is 18.3 Å². The number of nitrogens with zero attached hydrogens (tertiary/aromatic N) is 2. The van der Waals surface area contributed by atoms with Crippen LogP contribution in [0.15, 0.2) is 24.3 Å². The van der Waals surface area contributed by atoms with Gasteiger partial charge in [-0.05, 0) is 77.3 Å². The third-order valence-corrected chi connectivity index (χ3v) is 5.91. The van der Waals surface area contributed by atoms with Gasteiger partial charge in [0.15, 0.2) is 5.69 Å². The van der Waals surface area contributed by atoms with Gasteiger partial charge in [-0.25, -0.2) is 0 Å². The van der Waals surface area contributed by atoms with Crippen LogP contribution in [0.25, 0.3) is 0 Å². The number of alkyl halides is 3. The number of hydrogen-bond acceptors (Lipinski definition) is 2. The minimum atomic E-state index is -4.44. The molecular weight excluding hydrogens is 393 g/mol. The molecule has 0 aliphatic heterocycles. The smallest absolute Gasteiger partial charge is 0.435 e. The number of carbonyl (C=O) groups is 1. The number of aliphatic carboxylic acids is 1. The van der Waals surface area contributed by atoms with Crippen molar-refractivity contribution in [1.82, 2.24) is 9.78 Å². The lowest BCUT2D eigenvalue weighted by Gasteiger charge is -2.29. The van der Waals surface area contributed by atoms with E-state index in [-0.39, 0.29) is 0 Å². The molecule has 1 aliphatic carbocycles. The lowest BCUT2D eigenvalue weighted by atomic mass is 9.85. The normalized spacial score (nSPS) is 15.2. The fourth-order valence-corrected chi connectivity index (χ4v) is 4.26. The molecule has 0 radical (unpaired) electrons. The molecule has 1 heterocycles.